The van der Waals surface area contributed by atoms with Gasteiger partial charge in [0, 0.05) is 28.8 Å². The van der Waals surface area contributed by atoms with E-state index in [0.29, 0.717) is 0 Å². The Morgan fingerprint density at radius 2 is 1.91 bits per heavy atom. The highest BCUT2D eigenvalue weighted by molar-refractivity contribution is 7.97. The molecule has 23 heavy (non-hydrogen) atoms. The Morgan fingerprint density at radius 3 is 2.48 bits per heavy atom. The van der Waals surface area contributed by atoms with Gasteiger partial charge in [0.05, 0.1) is 4.92 Å². The van der Waals surface area contributed by atoms with Crippen molar-refractivity contribution in [3.05, 3.63) is 52.3 Å². The minimum Gasteiger partial charge on any atom is -0.259 e. The lowest BCUT2D eigenvalue weighted by molar-refractivity contribution is -0.385. The van der Waals surface area contributed by atoms with Crippen molar-refractivity contribution in [3.63, 3.8) is 0 Å². The van der Waals surface area contributed by atoms with Crippen LogP contribution in [-0.2, 0) is 0 Å². The standard InChI is InChI=1S/C17H21N3O2S/c1-12-16(9-14(10-18-12)20(21)22)13-5-7-15(8-6-13)23-19-11-17(2,3)4/h5-10,19H,11H2,1-4H3. The maximum absolute atomic E-state index is 10.9. The SMILES string of the molecule is Cc1ncc([N+](=O)[O-])cc1-c1ccc(SNCC(C)(C)C)cc1. The van der Waals surface area contributed by atoms with Crippen molar-refractivity contribution in [2.24, 2.45) is 5.41 Å². The van der Waals surface area contributed by atoms with Crippen LogP contribution in [0.1, 0.15) is 26.5 Å². The molecule has 122 valence electrons. The number of benzene rings is 1. The summed E-state index contributed by atoms with van der Waals surface area (Å²) in [5, 5.41) is 10.9. The molecule has 0 saturated carbocycles. The molecule has 2 aromatic rings. The summed E-state index contributed by atoms with van der Waals surface area (Å²) in [6, 6.07) is 9.52. The molecule has 0 aliphatic carbocycles. The molecule has 5 nitrogen and oxygen atoms in total. The monoisotopic (exact) mass is 331 g/mol. The topological polar surface area (TPSA) is 68.1 Å². The number of aromatic nitrogens is 1. The number of hydrogen-bond acceptors (Lipinski definition) is 5. The summed E-state index contributed by atoms with van der Waals surface area (Å²) >= 11 is 1.59. The lowest BCUT2D eigenvalue weighted by Gasteiger charge is -2.18. The average Bonchev–Trinajstić information content (AvgIpc) is 2.47. The minimum absolute atomic E-state index is 0.0101. The third-order valence-electron chi connectivity index (χ3n) is 3.24. The first-order valence-corrected chi connectivity index (χ1v) is 8.19. The Morgan fingerprint density at radius 1 is 1.26 bits per heavy atom. The van der Waals surface area contributed by atoms with Crippen molar-refractivity contribution in [3.8, 4) is 11.1 Å². The first-order valence-electron chi connectivity index (χ1n) is 7.37. The van der Waals surface area contributed by atoms with Gasteiger partial charge in [-0.25, -0.2) is 0 Å². The molecule has 0 aliphatic rings. The third kappa shape index (κ3) is 5.04. The fraction of sp³-hybridized carbons (Fsp3) is 0.353. The van der Waals surface area contributed by atoms with Gasteiger partial charge in [-0.05, 0) is 42.0 Å². The van der Waals surface area contributed by atoms with E-state index in [-0.39, 0.29) is 11.1 Å². The number of rotatable bonds is 5. The van der Waals surface area contributed by atoms with Gasteiger partial charge in [-0.3, -0.25) is 19.8 Å². The fourth-order valence-electron chi connectivity index (χ4n) is 1.95. The Kier molecular flexibility index (Phi) is 5.38. The summed E-state index contributed by atoms with van der Waals surface area (Å²) in [7, 11) is 0. The van der Waals surface area contributed by atoms with Gasteiger partial charge in [-0.15, -0.1) is 0 Å². The second kappa shape index (κ2) is 7.10. The minimum atomic E-state index is -0.420. The molecule has 0 fully saturated rings. The van der Waals surface area contributed by atoms with E-state index in [1.165, 1.54) is 6.20 Å². The van der Waals surface area contributed by atoms with Crippen LogP contribution in [0.3, 0.4) is 0 Å². The quantitative estimate of drug-likeness (QED) is 0.492. The van der Waals surface area contributed by atoms with Gasteiger partial charge in [0.2, 0.25) is 0 Å². The molecular weight excluding hydrogens is 310 g/mol. The zero-order chi connectivity index (χ0) is 17.0. The molecule has 0 unspecified atom stereocenters. The van der Waals surface area contributed by atoms with Crippen LogP contribution in [0.15, 0.2) is 41.4 Å². The van der Waals surface area contributed by atoms with Gasteiger partial charge in [0.25, 0.3) is 5.69 Å². The largest absolute Gasteiger partial charge is 0.288 e. The predicted molar refractivity (Wildman–Crippen MR) is 94.4 cm³/mol. The number of hydrogen-bond donors (Lipinski definition) is 1. The summed E-state index contributed by atoms with van der Waals surface area (Å²) in [5.74, 6) is 0. The molecule has 0 bridgehead atoms. The normalized spacial score (nSPS) is 11.5. The summed E-state index contributed by atoms with van der Waals surface area (Å²) in [6.07, 6.45) is 1.29. The molecule has 0 saturated heterocycles. The molecule has 0 aliphatic heterocycles. The highest BCUT2D eigenvalue weighted by Gasteiger charge is 2.12. The second-order valence-corrected chi connectivity index (χ2v) is 7.56. The van der Waals surface area contributed by atoms with Crippen molar-refractivity contribution in [1.82, 2.24) is 9.71 Å². The van der Waals surface area contributed by atoms with Crippen LogP contribution in [0.25, 0.3) is 11.1 Å². The van der Waals surface area contributed by atoms with Crippen molar-refractivity contribution < 1.29 is 4.92 Å². The van der Waals surface area contributed by atoms with Gasteiger partial charge in [-0.2, -0.15) is 0 Å². The Hall–Kier alpha value is -1.92. The molecule has 0 atom stereocenters. The van der Waals surface area contributed by atoms with Crippen molar-refractivity contribution in [2.75, 3.05) is 6.54 Å². The maximum Gasteiger partial charge on any atom is 0.288 e. The molecule has 1 N–H and O–H groups in total. The maximum atomic E-state index is 10.9. The van der Waals surface area contributed by atoms with Crippen molar-refractivity contribution in [2.45, 2.75) is 32.6 Å². The fourth-order valence-corrected chi connectivity index (χ4v) is 2.90. The van der Waals surface area contributed by atoms with Crippen LogP contribution in [0.4, 0.5) is 5.69 Å². The molecule has 2 rings (SSSR count). The van der Waals surface area contributed by atoms with Gasteiger partial charge in [0.15, 0.2) is 0 Å². The van der Waals surface area contributed by atoms with Crippen LogP contribution >= 0.6 is 11.9 Å². The van der Waals surface area contributed by atoms with Crippen LogP contribution in [0.2, 0.25) is 0 Å². The number of pyridine rings is 1. The van der Waals surface area contributed by atoms with E-state index >= 15 is 0 Å². The summed E-state index contributed by atoms with van der Waals surface area (Å²) in [6.45, 7) is 9.31. The molecule has 0 amide bonds. The van der Waals surface area contributed by atoms with E-state index in [0.717, 1.165) is 28.3 Å². The van der Waals surface area contributed by atoms with Crippen LogP contribution < -0.4 is 4.72 Å². The van der Waals surface area contributed by atoms with Gasteiger partial charge in [0.1, 0.15) is 6.20 Å². The van der Waals surface area contributed by atoms with Gasteiger partial charge < -0.3 is 0 Å². The van der Waals surface area contributed by atoms with E-state index in [2.05, 4.69) is 30.5 Å². The van der Waals surface area contributed by atoms with Crippen LogP contribution in [-0.4, -0.2) is 16.5 Å². The zero-order valence-electron chi connectivity index (χ0n) is 13.8. The summed E-state index contributed by atoms with van der Waals surface area (Å²) < 4.78 is 3.35. The molecular formula is C17H21N3O2S. The Bertz CT molecular complexity index is 694. The highest BCUT2D eigenvalue weighted by Crippen LogP contribution is 2.28. The van der Waals surface area contributed by atoms with E-state index in [9.17, 15) is 10.1 Å². The van der Waals surface area contributed by atoms with Crippen LogP contribution in [0.5, 0.6) is 0 Å². The van der Waals surface area contributed by atoms with Crippen LogP contribution in [0, 0.1) is 22.5 Å². The van der Waals surface area contributed by atoms with E-state index < -0.39 is 4.92 Å². The van der Waals surface area contributed by atoms with Crippen molar-refractivity contribution >= 4 is 17.6 Å². The summed E-state index contributed by atoms with van der Waals surface area (Å²) in [5.41, 5.74) is 2.74. The van der Waals surface area contributed by atoms with Gasteiger partial charge in [-0.1, -0.05) is 32.9 Å². The highest BCUT2D eigenvalue weighted by atomic mass is 32.2. The lowest BCUT2D eigenvalue weighted by Crippen LogP contribution is -2.21. The van der Waals surface area contributed by atoms with E-state index in [4.69, 9.17) is 0 Å². The second-order valence-electron chi connectivity index (χ2n) is 6.59. The molecule has 1 aromatic heterocycles. The average molecular weight is 331 g/mol. The number of nitrogens with zero attached hydrogens (tertiary/aromatic N) is 2. The lowest BCUT2D eigenvalue weighted by atomic mass is 9.98. The van der Waals surface area contributed by atoms with E-state index in [1.54, 1.807) is 18.0 Å². The molecule has 0 radical (unpaired) electrons. The predicted octanol–water partition coefficient (Wildman–Crippen LogP) is 4.61. The Labute approximate surface area is 140 Å². The van der Waals surface area contributed by atoms with E-state index in [1.807, 2.05) is 31.2 Å². The van der Waals surface area contributed by atoms with Gasteiger partial charge >= 0.3 is 0 Å². The number of nitrogens with one attached hydrogen (secondary N) is 1. The number of nitro groups is 1. The van der Waals surface area contributed by atoms with Crippen molar-refractivity contribution in [1.29, 1.82) is 0 Å². The molecule has 1 aromatic carbocycles. The third-order valence-corrected chi connectivity index (χ3v) is 4.04. The zero-order valence-corrected chi connectivity index (χ0v) is 14.6. The summed E-state index contributed by atoms with van der Waals surface area (Å²) in [4.78, 5) is 15.7. The smallest absolute Gasteiger partial charge is 0.259 e. The molecule has 6 heteroatoms. The number of aryl methyl sites for hydroxylation is 1. The molecule has 1 heterocycles. The Balaban J connectivity index is 2.13. The molecule has 0 spiro atoms. The first-order chi connectivity index (χ1) is 10.8. The first kappa shape index (κ1) is 17.4.